The molecule has 1 aromatic rings. The van der Waals surface area contributed by atoms with Gasteiger partial charge in [0.15, 0.2) is 11.5 Å². The maximum Gasteiger partial charge on any atom is 0.307 e. The molecule has 0 atom stereocenters. The summed E-state index contributed by atoms with van der Waals surface area (Å²) >= 11 is 0. The Kier molecular flexibility index (Phi) is 5.47. The number of Topliss-reactive ketones (excluding diaryl/α,β-unsaturated/α-hetero) is 1. The lowest BCUT2D eigenvalue weighted by molar-refractivity contribution is -0.154. The summed E-state index contributed by atoms with van der Waals surface area (Å²) in [7, 11) is 0. The van der Waals surface area contributed by atoms with Crippen molar-refractivity contribution >= 4 is 17.6 Å². The Balaban J connectivity index is 1.28. The number of carbonyl (C=O) groups is 3. The highest BCUT2D eigenvalue weighted by Gasteiger charge is 2.33. The molecule has 2 amide bonds. The van der Waals surface area contributed by atoms with Crippen molar-refractivity contribution in [2.75, 3.05) is 46.1 Å². The average Bonchev–Trinajstić information content (AvgIpc) is 3.21. The number of benzene rings is 1. The number of ketones is 1. The Bertz CT molecular complexity index is 767. The predicted molar refractivity (Wildman–Crippen MR) is 99.9 cm³/mol. The van der Waals surface area contributed by atoms with E-state index in [1.165, 1.54) is 9.80 Å². The second-order valence-corrected chi connectivity index (χ2v) is 7.44. The molecule has 0 aliphatic carbocycles. The number of fused-ring (bicyclic) bond motifs is 1. The molecule has 3 aliphatic heterocycles. The predicted octanol–water partition coefficient (Wildman–Crippen LogP) is 0.641. The van der Waals surface area contributed by atoms with Crippen molar-refractivity contribution in [2.24, 2.45) is 0 Å². The highest BCUT2D eigenvalue weighted by atomic mass is 16.7. The summed E-state index contributed by atoms with van der Waals surface area (Å²) in [6.07, 6.45) is 2.86. The van der Waals surface area contributed by atoms with Gasteiger partial charge < -0.3 is 19.3 Å². The third-order valence-electron chi connectivity index (χ3n) is 5.53. The fraction of sp³-hybridized carbons (Fsp3) is 0.550. The van der Waals surface area contributed by atoms with Crippen LogP contribution >= 0.6 is 0 Å². The number of carbonyl (C=O) groups excluding carboxylic acids is 3. The van der Waals surface area contributed by atoms with E-state index in [1.807, 2.05) is 18.2 Å². The van der Waals surface area contributed by atoms with E-state index in [2.05, 4.69) is 4.90 Å². The molecule has 8 heteroatoms. The average molecular weight is 387 g/mol. The maximum absolute atomic E-state index is 12.5. The van der Waals surface area contributed by atoms with Gasteiger partial charge in [0.05, 0.1) is 0 Å². The van der Waals surface area contributed by atoms with Gasteiger partial charge in [0, 0.05) is 45.8 Å². The van der Waals surface area contributed by atoms with Gasteiger partial charge >= 0.3 is 5.78 Å². The third-order valence-corrected chi connectivity index (χ3v) is 5.53. The van der Waals surface area contributed by atoms with Crippen LogP contribution in [0.15, 0.2) is 18.2 Å². The van der Waals surface area contributed by atoms with E-state index >= 15 is 0 Å². The highest BCUT2D eigenvalue weighted by Crippen LogP contribution is 2.32. The first kappa shape index (κ1) is 18.7. The molecule has 3 heterocycles. The zero-order chi connectivity index (χ0) is 19.5. The minimum absolute atomic E-state index is 0.254. The third kappa shape index (κ3) is 3.96. The molecule has 2 saturated heterocycles. The highest BCUT2D eigenvalue weighted by molar-refractivity contribution is 6.62. The molecule has 28 heavy (non-hydrogen) atoms. The summed E-state index contributed by atoms with van der Waals surface area (Å²) < 4.78 is 10.7. The van der Waals surface area contributed by atoms with Crippen LogP contribution in [0.25, 0.3) is 0 Å². The van der Waals surface area contributed by atoms with Crippen molar-refractivity contribution in [3.8, 4) is 11.5 Å². The van der Waals surface area contributed by atoms with Gasteiger partial charge in [-0.15, -0.1) is 0 Å². The normalized spacial score (nSPS) is 19.6. The van der Waals surface area contributed by atoms with Crippen LogP contribution in [0.5, 0.6) is 11.5 Å². The van der Waals surface area contributed by atoms with Gasteiger partial charge in [-0.25, -0.2) is 0 Å². The zero-order valence-electron chi connectivity index (χ0n) is 15.9. The molecular formula is C20H25N3O5. The molecule has 0 spiro atoms. The van der Waals surface area contributed by atoms with Crippen LogP contribution in [-0.2, 0) is 20.9 Å². The number of amides is 2. The number of rotatable bonds is 4. The second-order valence-electron chi connectivity index (χ2n) is 7.44. The molecule has 8 nitrogen and oxygen atoms in total. The summed E-state index contributed by atoms with van der Waals surface area (Å²) in [4.78, 5) is 42.3. The summed E-state index contributed by atoms with van der Waals surface area (Å²) in [5, 5.41) is 0. The Morgan fingerprint density at radius 1 is 0.786 bits per heavy atom. The smallest absolute Gasteiger partial charge is 0.307 e. The van der Waals surface area contributed by atoms with E-state index in [1.54, 1.807) is 0 Å². The van der Waals surface area contributed by atoms with E-state index in [-0.39, 0.29) is 6.79 Å². The maximum atomic E-state index is 12.5. The molecule has 0 N–H and O–H groups in total. The molecule has 0 aromatic heterocycles. The van der Waals surface area contributed by atoms with Gasteiger partial charge in [-0.3, -0.25) is 19.3 Å². The quantitative estimate of drug-likeness (QED) is 0.557. The number of piperidine rings is 1. The summed E-state index contributed by atoms with van der Waals surface area (Å²) in [5.74, 6) is -0.693. The number of likely N-dealkylation sites (tertiary alicyclic amines) is 1. The summed E-state index contributed by atoms with van der Waals surface area (Å²) in [5.41, 5.74) is 1.11. The molecular weight excluding hydrogens is 362 g/mol. The van der Waals surface area contributed by atoms with E-state index in [0.717, 1.165) is 42.9 Å². The molecule has 0 unspecified atom stereocenters. The van der Waals surface area contributed by atoms with Crippen LogP contribution in [0, 0.1) is 0 Å². The molecule has 3 aliphatic rings. The Morgan fingerprint density at radius 2 is 1.43 bits per heavy atom. The molecule has 0 radical (unpaired) electrons. The van der Waals surface area contributed by atoms with Crippen molar-refractivity contribution in [3.05, 3.63) is 23.8 Å². The molecule has 0 bridgehead atoms. The number of hydrogen-bond donors (Lipinski definition) is 0. The first-order chi connectivity index (χ1) is 13.6. The van der Waals surface area contributed by atoms with Crippen molar-refractivity contribution in [1.82, 2.24) is 14.7 Å². The van der Waals surface area contributed by atoms with Crippen LogP contribution in [0.2, 0.25) is 0 Å². The van der Waals surface area contributed by atoms with Gasteiger partial charge in [-0.05, 0) is 37.0 Å². The largest absolute Gasteiger partial charge is 0.454 e. The minimum Gasteiger partial charge on any atom is -0.454 e. The Labute approximate surface area is 164 Å². The van der Waals surface area contributed by atoms with Gasteiger partial charge in [0.2, 0.25) is 6.79 Å². The Hall–Kier alpha value is -2.61. The number of ether oxygens (including phenoxy) is 2. The van der Waals surface area contributed by atoms with Crippen molar-refractivity contribution in [2.45, 2.75) is 25.8 Å². The van der Waals surface area contributed by atoms with Crippen molar-refractivity contribution < 1.29 is 23.9 Å². The summed E-state index contributed by atoms with van der Waals surface area (Å²) in [6.45, 7) is 4.34. The van der Waals surface area contributed by atoms with Crippen LogP contribution in [0.3, 0.4) is 0 Å². The fourth-order valence-electron chi connectivity index (χ4n) is 3.88. The van der Waals surface area contributed by atoms with Crippen LogP contribution < -0.4 is 9.47 Å². The van der Waals surface area contributed by atoms with Crippen molar-refractivity contribution in [1.29, 1.82) is 0 Å². The molecule has 150 valence electrons. The molecule has 4 rings (SSSR count). The Morgan fingerprint density at radius 3 is 2.14 bits per heavy atom. The first-order valence-corrected chi connectivity index (χ1v) is 9.85. The van der Waals surface area contributed by atoms with E-state index in [4.69, 9.17) is 9.47 Å². The minimum atomic E-state index is -0.897. The lowest BCUT2D eigenvalue weighted by atomic mass is 10.1. The molecule has 0 saturated carbocycles. The number of hydrogen-bond acceptors (Lipinski definition) is 6. The SMILES string of the molecule is O=C(C(=O)N1CCCCC1)C(=O)N1CCN(Cc2ccc3c(c2)OCO3)CC1. The van der Waals surface area contributed by atoms with Gasteiger partial charge in [-0.2, -0.15) is 0 Å². The number of nitrogens with zero attached hydrogens (tertiary/aromatic N) is 3. The van der Waals surface area contributed by atoms with Gasteiger partial charge in [-0.1, -0.05) is 6.07 Å². The van der Waals surface area contributed by atoms with E-state index in [0.29, 0.717) is 39.3 Å². The van der Waals surface area contributed by atoms with Crippen LogP contribution in [-0.4, -0.2) is 78.4 Å². The zero-order valence-corrected chi connectivity index (χ0v) is 15.9. The monoisotopic (exact) mass is 387 g/mol. The molecule has 1 aromatic carbocycles. The van der Waals surface area contributed by atoms with Crippen molar-refractivity contribution in [3.63, 3.8) is 0 Å². The van der Waals surface area contributed by atoms with E-state index in [9.17, 15) is 14.4 Å². The lowest BCUT2D eigenvalue weighted by Crippen LogP contribution is -2.53. The molecule has 2 fully saturated rings. The van der Waals surface area contributed by atoms with Gasteiger partial charge in [0.1, 0.15) is 0 Å². The van der Waals surface area contributed by atoms with E-state index < -0.39 is 17.6 Å². The summed E-state index contributed by atoms with van der Waals surface area (Å²) in [6, 6.07) is 5.88. The first-order valence-electron chi connectivity index (χ1n) is 9.85. The van der Waals surface area contributed by atoms with Crippen LogP contribution in [0.4, 0.5) is 0 Å². The number of piperazine rings is 1. The van der Waals surface area contributed by atoms with Gasteiger partial charge in [0.25, 0.3) is 11.8 Å². The van der Waals surface area contributed by atoms with Crippen LogP contribution in [0.1, 0.15) is 24.8 Å². The topological polar surface area (TPSA) is 79.4 Å². The lowest BCUT2D eigenvalue weighted by Gasteiger charge is -2.34. The standard InChI is InChI=1S/C20H25N3O5/c24-18(19(25)22-6-2-1-3-7-22)20(26)23-10-8-21(9-11-23)13-15-4-5-16-17(12-15)28-14-27-16/h4-5,12H,1-3,6-11,13-14H2. The second kappa shape index (κ2) is 8.18. The fourth-order valence-corrected chi connectivity index (χ4v) is 3.88.